The summed E-state index contributed by atoms with van der Waals surface area (Å²) in [6, 6.07) is 1.82. The fraction of sp³-hybridized carbons (Fsp3) is 0.545. The van der Waals surface area contributed by atoms with Crippen LogP contribution in [-0.2, 0) is 11.4 Å². The van der Waals surface area contributed by atoms with Crippen molar-refractivity contribution in [1.82, 2.24) is 9.71 Å². The molecule has 18 heavy (non-hydrogen) atoms. The van der Waals surface area contributed by atoms with Crippen molar-refractivity contribution < 1.29 is 13.3 Å². The van der Waals surface area contributed by atoms with E-state index in [0.717, 1.165) is 0 Å². The van der Waals surface area contributed by atoms with Crippen molar-refractivity contribution in [3.8, 4) is 0 Å². The summed E-state index contributed by atoms with van der Waals surface area (Å²) in [7, 11) is 0. The maximum Gasteiger partial charge on any atom is 0.262 e. The van der Waals surface area contributed by atoms with Crippen molar-refractivity contribution in [2.75, 3.05) is 0 Å². The Kier molecular flexibility index (Phi) is 5.51. The average Bonchev–Trinajstić information content (AvgIpc) is 2.25. The van der Waals surface area contributed by atoms with Gasteiger partial charge in [0, 0.05) is 17.6 Å². The van der Waals surface area contributed by atoms with Crippen LogP contribution in [0.2, 0.25) is 0 Å². The molecule has 0 aromatic carbocycles. The van der Waals surface area contributed by atoms with Crippen LogP contribution in [0, 0.1) is 0 Å². The molecule has 2 unspecified atom stereocenters. The van der Waals surface area contributed by atoms with Gasteiger partial charge in [0.25, 0.3) is 6.43 Å². The molecule has 1 heterocycles. The molecule has 3 nitrogen and oxygen atoms in total. The minimum atomic E-state index is -2.65. The topological polar surface area (TPSA) is 48.0 Å². The number of rotatable bonds is 4. The number of alkyl halides is 2. The molecule has 1 aromatic heterocycles. The molecule has 0 aliphatic rings. The van der Waals surface area contributed by atoms with Crippen LogP contribution in [0.25, 0.3) is 0 Å². The number of pyridine rings is 1. The van der Waals surface area contributed by atoms with E-state index < -0.39 is 28.6 Å². The van der Waals surface area contributed by atoms with Crippen LogP contribution in [0.15, 0.2) is 22.9 Å². The summed E-state index contributed by atoms with van der Waals surface area (Å²) >= 11 is 1.57. The molecule has 102 valence electrons. The molecule has 1 aromatic rings. The third kappa shape index (κ3) is 4.46. The number of nitrogens with zero attached hydrogens (tertiary/aromatic N) is 1. The molecule has 7 heteroatoms. The molecule has 2 atom stereocenters. The predicted octanol–water partition coefficient (Wildman–Crippen LogP) is 3.20. The summed E-state index contributed by atoms with van der Waals surface area (Å²) in [6.45, 7) is 5.16. The van der Waals surface area contributed by atoms with Crippen LogP contribution in [0.3, 0.4) is 0 Å². The Bertz CT molecular complexity index is 384. The van der Waals surface area contributed by atoms with Crippen LogP contribution in [0.4, 0.5) is 8.78 Å². The van der Waals surface area contributed by atoms with Gasteiger partial charge in [-0.25, -0.2) is 13.8 Å². The van der Waals surface area contributed by atoms with E-state index in [1.165, 1.54) is 12.3 Å². The summed E-state index contributed by atoms with van der Waals surface area (Å²) < 4.78 is 40.3. The molecule has 1 N–H and O–H groups in total. The van der Waals surface area contributed by atoms with Crippen LogP contribution >= 0.6 is 15.9 Å². The molecule has 0 bridgehead atoms. The minimum Gasteiger partial charge on any atom is -0.598 e. The molecule has 0 saturated heterocycles. The molecule has 0 aliphatic heterocycles. The first-order valence-electron chi connectivity index (χ1n) is 5.29. The van der Waals surface area contributed by atoms with E-state index in [1.54, 1.807) is 26.8 Å². The van der Waals surface area contributed by atoms with Gasteiger partial charge in [0.1, 0.15) is 15.4 Å². The summed E-state index contributed by atoms with van der Waals surface area (Å²) in [5.74, 6) is 0. The number of hydrogen-bond donors (Lipinski definition) is 1. The second-order valence-corrected chi connectivity index (χ2v) is 7.54. The van der Waals surface area contributed by atoms with E-state index in [2.05, 4.69) is 25.6 Å². The Morgan fingerprint density at radius 3 is 2.39 bits per heavy atom. The first-order valence-corrected chi connectivity index (χ1v) is 7.24. The highest BCUT2D eigenvalue weighted by molar-refractivity contribution is 9.10. The number of halogens is 3. The van der Waals surface area contributed by atoms with E-state index in [1.807, 2.05) is 0 Å². The van der Waals surface area contributed by atoms with Crippen molar-refractivity contribution in [3.05, 3.63) is 28.5 Å². The van der Waals surface area contributed by atoms with Gasteiger partial charge in [-0.15, -0.1) is 4.72 Å². The molecule has 0 saturated carbocycles. The largest absolute Gasteiger partial charge is 0.598 e. The normalized spacial score (nSPS) is 15.8. The average molecular weight is 341 g/mol. The SMILES string of the molecule is CC(C)(C)[S+]([O-])NC(c1ccc(Br)nc1)C(F)F. The van der Waals surface area contributed by atoms with Gasteiger partial charge in [-0.1, -0.05) is 6.07 Å². The Balaban J connectivity index is 2.87. The van der Waals surface area contributed by atoms with E-state index in [9.17, 15) is 13.3 Å². The zero-order valence-corrected chi connectivity index (χ0v) is 12.7. The van der Waals surface area contributed by atoms with Gasteiger partial charge in [0.15, 0.2) is 0 Å². The van der Waals surface area contributed by atoms with E-state index in [0.29, 0.717) is 10.2 Å². The lowest BCUT2D eigenvalue weighted by Gasteiger charge is -2.27. The quantitative estimate of drug-likeness (QED) is 0.676. The number of hydrogen-bond acceptors (Lipinski definition) is 3. The van der Waals surface area contributed by atoms with Crippen molar-refractivity contribution >= 4 is 27.3 Å². The lowest BCUT2D eigenvalue weighted by molar-refractivity contribution is 0.108. The Morgan fingerprint density at radius 1 is 1.39 bits per heavy atom. The lowest BCUT2D eigenvalue weighted by Crippen LogP contribution is -2.43. The van der Waals surface area contributed by atoms with Gasteiger partial charge in [-0.2, -0.15) is 0 Å². The molecule has 0 amide bonds. The van der Waals surface area contributed by atoms with E-state index >= 15 is 0 Å². The first kappa shape index (κ1) is 15.8. The van der Waals surface area contributed by atoms with Gasteiger partial charge in [0.2, 0.25) is 0 Å². The second kappa shape index (κ2) is 6.27. The fourth-order valence-corrected chi connectivity index (χ4v) is 2.19. The van der Waals surface area contributed by atoms with E-state index in [-0.39, 0.29) is 0 Å². The predicted molar refractivity (Wildman–Crippen MR) is 71.7 cm³/mol. The Morgan fingerprint density at radius 2 is 2.00 bits per heavy atom. The highest BCUT2D eigenvalue weighted by Crippen LogP contribution is 2.25. The standard InChI is InChI=1S/C11H15BrF2N2OS/c1-11(2,3)18(17)16-9(10(13)14)7-4-5-8(12)15-6-7/h4-6,9-10,16H,1-3H3. The second-order valence-electron chi connectivity index (χ2n) is 4.73. The zero-order valence-electron chi connectivity index (χ0n) is 10.3. The maximum atomic E-state index is 13.0. The van der Waals surface area contributed by atoms with Crippen molar-refractivity contribution in [2.45, 2.75) is 38.0 Å². The molecule has 1 rings (SSSR count). The lowest BCUT2D eigenvalue weighted by atomic mass is 10.1. The summed E-state index contributed by atoms with van der Waals surface area (Å²) in [5, 5.41) is 0. The molecule has 0 radical (unpaired) electrons. The number of nitrogens with one attached hydrogen (secondary N) is 1. The summed E-state index contributed by atoms with van der Waals surface area (Å²) in [4.78, 5) is 3.90. The van der Waals surface area contributed by atoms with Crippen LogP contribution in [0.1, 0.15) is 32.4 Å². The molecule has 0 aliphatic carbocycles. The summed E-state index contributed by atoms with van der Waals surface area (Å²) in [6.07, 6.45) is -1.31. The number of aromatic nitrogens is 1. The van der Waals surface area contributed by atoms with E-state index in [4.69, 9.17) is 0 Å². The first-order chi connectivity index (χ1) is 8.21. The third-order valence-corrected chi connectivity index (χ3v) is 4.20. The Labute approximate surface area is 117 Å². The summed E-state index contributed by atoms with van der Waals surface area (Å²) in [5.41, 5.74) is 0.311. The highest BCUT2D eigenvalue weighted by Gasteiger charge is 2.34. The van der Waals surface area contributed by atoms with Crippen LogP contribution in [0.5, 0.6) is 0 Å². The van der Waals surface area contributed by atoms with Gasteiger partial charge >= 0.3 is 0 Å². The molecule has 0 fully saturated rings. The monoisotopic (exact) mass is 340 g/mol. The van der Waals surface area contributed by atoms with Crippen LogP contribution < -0.4 is 4.72 Å². The van der Waals surface area contributed by atoms with Gasteiger partial charge in [0.05, 0.1) is 0 Å². The van der Waals surface area contributed by atoms with Crippen molar-refractivity contribution in [1.29, 1.82) is 0 Å². The molecular formula is C11H15BrF2N2OS. The van der Waals surface area contributed by atoms with Crippen LogP contribution in [-0.4, -0.2) is 20.7 Å². The smallest absolute Gasteiger partial charge is 0.262 e. The fourth-order valence-electron chi connectivity index (χ4n) is 1.13. The molecule has 0 spiro atoms. The van der Waals surface area contributed by atoms with Crippen molar-refractivity contribution in [2.24, 2.45) is 0 Å². The maximum absolute atomic E-state index is 13.0. The molecular weight excluding hydrogens is 326 g/mol. The van der Waals surface area contributed by atoms with Gasteiger partial charge < -0.3 is 4.55 Å². The third-order valence-electron chi connectivity index (χ3n) is 2.15. The highest BCUT2D eigenvalue weighted by atomic mass is 79.9. The zero-order chi connectivity index (χ0) is 13.9. The van der Waals surface area contributed by atoms with Gasteiger partial charge in [-0.3, -0.25) is 0 Å². The van der Waals surface area contributed by atoms with Crippen molar-refractivity contribution in [3.63, 3.8) is 0 Å². The van der Waals surface area contributed by atoms with Gasteiger partial charge in [-0.05, 0) is 48.3 Å². The minimum absolute atomic E-state index is 0.311. The Hall–Kier alpha value is -0.240.